The van der Waals surface area contributed by atoms with Crippen molar-refractivity contribution in [1.82, 2.24) is 9.78 Å². The van der Waals surface area contributed by atoms with E-state index >= 15 is 0 Å². The molecule has 16 heavy (non-hydrogen) atoms. The van der Waals surface area contributed by atoms with E-state index in [-0.39, 0.29) is 12.0 Å². The van der Waals surface area contributed by atoms with Crippen molar-refractivity contribution in [2.45, 2.75) is 33.3 Å². The van der Waals surface area contributed by atoms with Crippen molar-refractivity contribution < 1.29 is 5.11 Å². The highest BCUT2D eigenvalue weighted by atomic mass is 16.3. The summed E-state index contributed by atoms with van der Waals surface area (Å²) in [5.74, 6) is 0.546. The average Bonchev–Trinajstić information content (AvgIpc) is 2.45. The minimum atomic E-state index is -0.389. The predicted octanol–water partition coefficient (Wildman–Crippen LogP) is 0.863. The van der Waals surface area contributed by atoms with E-state index in [9.17, 15) is 5.11 Å². The van der Waals surface area contributed by atoms with Gasteiger partial charge in [0.05, 0.1) is 11.8 Å². The highest BCUT2D eigenvalue weighted by molar-refractivity contribution is 5.09. The molecule has 2 unspecified atom stereocenters. The van der Waals surface area contributed by atoms with E-state index in [1.807, 2.05) is 24.7 Å². The van der Waals surface area contributed by atoms with E-state index in [0.29, 0.717) is 18.9 Å². The third kappa shape index (κ3) is 3.06. The molecular weight excluding hydrogens is 202 g/mol. The maximum atomic E-state index is 10.1. The number of hydrogen-bond acceptors (Lipinski definition) is 3. The molecule has 0 aliphatic heterocycles. The first-order valence-corrected chi connectivity index (χ1v) is 5.83. The number of hydrogen-bond donors (Lipinski definition) is 2. The molecule has 0 radical (unpaired) electrons. The van der Waals surface area contributed by atoms with Crippen molar-refractivity contribution in [3.8, 4) is 0 Å². The van der Waals surface area contributed by atoms with Crippen molar-refractivity contribution >= 4 is 0 Å². The van der Waals surface area contributed by atoms with Gasteiger partial charge in [0.1, 0.15) is 0 Å². The first kappa shape index (κ1) is 13.2. The van der Waals surface area contributed by atoms with E-state index in [4.69, 9.17) is 5.73 Å². The Morgan fingerprint density at radius 2 is 2.12 bits per heavy atom. The van der Waals surface area contributed by atoms with Gasteiger partial charge in [0, 0.05) is 19.2 Å². The predicted molar refractivity (Wildman–Crippen MR) is 65.0 cm³/mol. The van der Waals surface area contributed by atoms with Crippen molar-refractivity contribution in [1.29, 1.82) is 0 Å². The van der Waals surface area contributed by atoms with Gasteiger partial charge in [-0.15, -0.1) is 0 Å². The Hall–Kier alpha value is -0.870. The molecule has 0 saturated carbocycles. The number of nitrogens with two attached hydrogens (primary N) is 1. The Morgan fingerprint density at radius 1 is 1.50 bits per heavy atom. The van der Waals surface area contributed by atoms with E-state index < -0.39 is 0 Å². The van der Waals surface area contributed by atoms with Gasteiger partial charge in [0.15, 0.2) is 0 Å². The summed E-state index contributed by atoms with van der Waals surface area (Å²) < 4.78 is 1.83. The monoisotopic (exact) mass is 225 g/mol. The molecule has 0 aromatic carbocycles. The van der Waals surface area contributed by atoms with Crippen LogP contribution in [-0.2, 0) is 13.5 Å². The summed E-state index contributed by atoms with van der Waals surface area (Å²) in [6, 6.07) is 2.01. The number of aromatic nitrogens is 2. The summed E-state index contributed by atoms with van der Waals surface area (Å²) in [5, 5.41) is 14.4. The molecule has 0 fully saturated rings. The first-order valence-electron chi connectivity index (χ1n) is 5.83. The normalized spacial score (nSPS) is 15.4. The largest absolute Gasteiger partial charge is 0.392 e. The topological polar surface area (TPSA) is 64.1 Å². The van der Waals surface area contributed by atoms with Crippen molar-refractivity contribution in [3.63, 3.8) is 0 Å². The third-order valence-corrected chi connectivity index (χ3v) is 3.14. The second kappa shape index (κ2) is 5.46. The van der Waals surface area contributed by atoms with Crippen LogP contribution in [0.2, 0.25) is 0 Å². The summed E-state index contributed by atoms with van der Waals surface area (Å²) in [6.07, 6.45) is 0.233. The Morgan fingerprint density at radius 3 is 2.50 bits per heavy atom. The van der Waals surface area contributed by atoms with Gasteiger partial charge in [0.25, 0.3) is 0 Å². The average molecular weight is 225 g/mol. The Bertz CT molecular complexity index is 333. The van der Waals surface area contributed by atoms with Crippen LogP contribution < -0.4 is 5.73 Å². The lowest BCUT2D eigenvalue weighted by atomic mass is 9.88. The van der Waals surface area contributed by atoms with Crippen LogP contribution in [0.15, 0.2) is 6.07 Å². The molecule has 4 nitrogen and oxygen atoms in total. The molecule has 0 aliphatic rings. The molecule has 0 amide bonds. The molecule has 1 heterocycles. The van der Waals surface area contributed by atoms with Crippen LogP contribution in [0.3, 0.4) is 0 Å². The number of aliphatic hydroxyl groups excluding tert-OH is 1. The number of aryl methyl sites for hydroxylation is 2. The second-order valence-corrected chi connectivity index (χ2v) is 4.82. The van der Waals surface area contributed by atoms with Gasteiger partial charge in [-0.05, 0) is 31.4 Å². The fraction of sp³-hybridized carbons (Fsp3) is 0.750. The van der Waals surface area contributed by atoms with Crippen LogP contribution in [0.1, 0.15) is 25.2 Å². The van der Waals surface area contributed by atoms with Gasteiger partial charge >= 0.3 is 0 Å². The molecule has 1 aromatic heterocycles. The number of rotatable bonds is 5. The fourth-order valence-electron chi connectivity index (χ4n) is 2.09. The van der Waals surface area contributed by atoms with Crippen LogP contribution in [0, 0.1) is 18.8 Å². The maximum absolute atomic E-state index is 10.1. The molecule has 1 rings (SSSR count). The molecule has 2 atom stereocenters. The van der Waals surface area contributed by atoms with Crippen LogP contribution in [0.5, 0.6) is 0 Å². The lowest BCUT2D eigenvalue weighted by Gasteiger charge is -2.24. The quantitative estimate of drug-likeness (QED) is 0.781. The smallest absolute Gasteiger partial charge is 0.0638 e. The van der Waals surface area contributed by atoms with Crippen LogP contribution in [0.4, 0.5) is 0 Å². The summed E-state index contributed by atoms with van der Waals surface area (Å²) >= 11 is 0. The minimum Gasteiger partial charge on any atom is -0.392 e. The van der Waals surface area contributed by atoms with E-state index in [0.717, 1.165) is 11.4 Å². The Kier molecular flexibility index (Phi) is 4.50. The van der Waals surface area contributed by atoms with E-state index in [1.165, 1.54) is 0 Å². The van der Waals surface area contributed by atoms with Gasteiger partial charge < -0.3 is 10.8 Å². The molecule has 1 aromatic rings. The third-order valence-electron chi connectivity index (χ3n) is 3.14. The highest BCUT2D eigenvalue weighted by Gasteiger charge is 2.22. The Balaban J connectivity index is 2.69. The van der Waals surface area contributed by atoms with Crippen LogP contribution in [-0.4, -0.2) is 27.5 Å². The number of nitrogens with zero attached hydrogens (tertiary/aromatic N) is 2. The van der Waals surface area contributed by atoms with Crippen LogP contribution >= 0.6 is 0 Å². The summed E-state index contributed by atoms with van der Waals surface area (Å²) in [4.78, 5) is 0. The van der Waals surface area contributed by atoms with Crippen LogP contribution in [0.25, 0.3) is 0 Å². The fourth-order valence-corrected chi connectivity index (χ4v) is 2.09. The first-order chi connectivity index (χ1) is 7.45. The van der Waals surface area contributed by atoms with Crippen molar-refractivity contribution in [2.24, 2.45) is 24.6 Å². The van der Waals surface area contributed by atoms with E-state index in [2.05, 4.69) is 18.9 Å². The van der Waals surface area contributed by atoms with E-state index in [1.54, 1.807) is 0 Å². The summed E-state index contributed by atoms with van der Waals surface area (Å²) in [7, 11) is 1.90. The molecule has 0 bridgehead atoms. The van der Waals surface area contributed by atoms with Crippen molar-refractivity contribution in [3.05, 3.63) is 17.5 Å². The van der Waals surface area contributed by atoms with Gasteiger partial charge in [-0.3, -0.25) is 4.68 Å². The lowest BCUT2D eigenvalue weighted by Crippen LogP contribution is -2.33. The molecule has 0 spiro atoms. The Labute approximate surface area is 97.5 Å². The van der Waals surface area contributed by atoms with Gasteiger partial charge in [-0.25, -0.2) is 0 Å². The standard InChI is InChI=1S/C12H23N3O/c1-8(2)11(7-13)12(16)6-10-5-9(3)14-15(10)4/h5,8,11-12,16H,6-7,13H2,1-4H3. The molecular formula is C12H23N3O. The molecule has 0 saturated heterocycles. The maximum Gasteiger partial charge on any atom is 0.0638 e. The lowest BCUT2D eigenvalue weighted by molar-refractivity contribution is 0.0846. The van der Waals surface area contributed by atoms with Gasteiger partial charge in [-0.2, -0.15) is 5.10 Å². The molecule has 4 heteroatoms. The zero-order valence-electron chi connectivity index (χ0n) is 10.6. The van der Waals surface area contributed by atoms with Crippen molar-refractivity contribution in [2.75, 3.05) is 6.54 Å². The van der Waals surface area contributed by atoms with Gasteiger partial charge in [-0.1, -0.05) is 13.8 Å². The summed E-state index contributed by atoms with van der Waals surface area (Å²) in [6.45, 7) is 6.67. The minimum absolute atomic E-state index is 0.148. The van der Waals surface area contributed by atoms with Gasteiger partial charge in [0.2, 0.25) is 0 Å². The molecule has 0 aliphatic carbocycles. The second-order valence-electron chi connectivity index (χ2n) is 4.82. The zero-order valence-corrected chi connectivity index (χ0v) is 10.6. The molecule has 92 valence electrons. The highest BCUT2D eigenvalue weighted by Crippen LogP contribution is 2.18. The zero-order chi connectivity index (χ0) is 12.3. The molecule has 3 N–H and O–H groups in total. The SMILES string of the molecule is Cc1cc(CC(O)C(CN)C(C)C)n(C)n1. The number of aliphatic hydroxyl groups is 1. The summed E-state index contributed by atoms with van der Waals surface area (Å²) in [5.41, 5.74) is 7.73.